The van der Waals surface area contributed by atoms with E-state index in [1.54, 1.807) is 0 Å². The van der Waals surface area contributed by atoms with Gasteiger partial charge in [-0.25, -0.2) is 4.79 Å². The molecule has 0 radical (unpaired) electrons. The molecular formula is C16H22O5. The highest BCUT2D eigenvalue weighted by Crippen LogP contribution is 2.69. The minimum atomic E-state index is -1.05. The first kappa shape index (κ1) is 13.6. The van der Waals surface area contributed by atoms with Gasteiger partial charge in [-0.1, -0.05) is 0 Å². The maximum Gasteiger partial charge on any atom is 0.335 e. The minimum absolute atomic E-state index is 0.261. The molecule has 5 aliphatic rings. The number of carbonyl (C=O) groups excluding carboxylic acids is 1. The topological polar surface area (TPSA) is 83.8 Å². The van der Waals surface area contributed by atoms with Crippen molar-refractivity contribution in [2.24, 2.45) is 22.7 Å². The number of carbonyl (C=O) groups is 2. The summed E-state index contributed by atoms with van der Waals surface area (Å²) in [6, 6.07) is 0. The summed E-state index contributed by atoms with van der Waals surface area (Å²) in [4.78, 5) is 23.6. The Morgan fingerprint density at radius 3 is 2.29 bits per heavy atom. The average molecular weight is 294 g/mol. The smallest absolute Gasteiger partial charge is 0.335 e. The Hall–Kier alpha value is -1.10. The molecule has 1 heterocycles. The predicted molar refractivity (Wildman–Crippen MR) is 72.3 cm³/mol. The Balaban J connectivity index is 1.75. The molecule has 0 aromatic carbocycles. The summed E-state index contributed by atoms with van der Waals surface area (Å²) in [5.74, 6) is -0.377. The number of cyclic esters (lactones) is 1. The maximum absolute atomic E-state index is 11.9. The van der Waals surface area contributed by atoms with Gasteiger partial charge in [-0.15, -0.1) is 0 Å². The Kier molecular flexibility index (Phi) is 2.46. The van der Waals surface area contributed by atoms with Crippen LogP contribution < -0.4 is 0 Å². The van der Waals surface area contributed by atoms with Crippen molar-refractivity contribution >= 4 is 11.9 Å². The standard InChI is InChI=1S/C16H22O5/c1-14(7-11(17)12(18)21-14)16-5-9-2-10(6-16)4-15(3-9,8-16)13(19)20/h9-11,17H,2-8H2,1H3,(H,19,20). The van der Waals surface area contributed by atoms with Crippen molar-refractivity contribution in [3.05, 3.63) is 0 Å². The number of aliphatic carboxylic acids is 1. The molecule has 1 aliphatic heterocycles. The first-order valence-corrected chi connectivity index (χ1v) is 7.92. The zero-order valence-corrected chi connectivity index (χ0v) is 12.3. The molecule has 4 aliphatic carbocycles. The van der Waals surface area contributed by atoms with E-state index in [0.29, 0.717) is 24.7 Å². The third kappa shape index (κ3) is 1.61. The lowest BCUT2D eigenvalue weighted by Crippen LogP contribution is -2.62. The molecule has 4 unspecified atom stereocenters. The van der Waals surface area contributed by atoms with Crippen LogP contribution in [0.25, 0.3) is 0 Å². The Morgan fingerprint density at radius 2 is 1.81 bits per heavy atom. The normalized spacial score (nSPS) is 54.8. The fourth-order valence-corrected chi connectivity index (χ4v) is 6.24. The number of rotatable bonds is 2. The quantitative estimate of drug-likeness (QED) is 0.758. The first-order valence-electron chi connectivity index (χ1n) is 7.92. The highest BCUT2D eigenvalue weighted by atomic mass is 16.6. The molecule has 5 nitrogen and oxygen atoms in total. The van der Waals surface area contributed by atoms with E-state index in [-0.39, 0.29) is 5.41 Å². The third-order valence-electron chi connectivity index (χ3n) is 6.82. The summed E-state index contributed by atoms with van der Waals surface area (Å²) in [7, 11) is 0. The van der Waals surface area contributed by atoms with Gasteiger partial charge in [0.1, 0.15) is 5.60 Å². The average Bonchev–Trinajstić information content (AvgIpc) is 2.63. The molecular weight excluding hydrogens is 272 g/mol. The summed E-state index contributed by atoms with van der Waals surface area (Å²) in [6.07, 6.45) is 4.39. The van der Waals surface area contributed by atoms with Crippen LogP contribution >= 0.6 is 0 Å². The molecule has 4 saturated carbocycles. The number of carboxylic acid groups (broad SMARTS) is 1. The van der Waals surface area contributed by atoms with Crippen LogP contribution in [0.1, 0.15) is 51.9 Å². The van der Waals surface area contributed by atoms with Gasteiger partial charge in [0.05, 0.1) is 5.41 Å². The Labute approximate surface area is 123 Å². The second kappa shape index (κ2) is 3.80. The first-order chi connectivity index (χ1) is 9.78. The van der Waals surface area contributed by atoms with Crippen LogP contribution in [0.2, 0.25) is 0 Å². The van der Waals surface area contributed by atoms with Crippen LogP contribution in [0, 0.1) is 22.7 Å². The molecule has 116 valence electrons. The van der Waals surface area contributed by atoms with E-state index in [1.807, 2.05) is 6.92 Å². The summed E-state index contributed by atoms with van der Waals surface area (Å²) in [5, 5.41) is 19.6. The van der Waals surface area contributed by atoms with Crippen molar-refractivity contribution in [2.45, 2.75) is 63.6 Å². The van der Waals surface area contributed by atoms with Gasteiger partial charge in [0.15, 0.2) is 6.10 Å². The van der Waals surface area contributed by atoms with E-state index in [0.717, 1.165) is 32.1 Å². The van der Waals surface area contributed by atoms with E-state index < -0.39 is 29.1 Å². The van der Waals surface area contributed by atoms with Crippen molar-refractivity contribution in [1.82, 2.24) is 0 Å². The molecule has 0 aromatic heterocycles. The number of carboxylic acids is 1. The van der Waals surface area contributed by atoms with E-state index in [9.17, 15) is 19.8 Å². The SMILES string of the molecule is CC1(C23CC4CC(CC(C(=O)O)(C4)C2)C3)CC(O)C(=O)O1. The van der Waals surface area contributed by atoms with Gasteiger partial charge in [-0.05, 0) is 57.3 Å². The molecule has 2 N–H and O–H groups in total. The van der Waals surface area contributed by atoms with E-state index in [4.69, 9.17) is 4.74 Å². The second-order valence-corrected chi connectivity index (χ2v) is 8.20. The molecule has 4 bridgehead atoms. The predicted octanol–water partition coefficient (Wildman–Crippen LogP) is 1.72. The number of aliphatic hydroxyl groups is 1. The molecule has 1 saturated heterocycles. The van der Waals surface area contributed by atoms with Crippen LogP contribution in [0.3, 0.4) is 0 Å². The number of ether oxygens (including phenoxy) is 1. The zero-order chi connectivity index (χ0) is 15.0. The van der Waals surface area contributed by atoms with Crippen LogP contribution in [-0.2, 0) is 14.3 Å². The van der Waals surface area contributed by atoms with Crippen LogP contribution in [0.4, 0.5) is 0 Å². The summed E-state index contributed by atoms with van der Waals surface area (Å²) in [5.41, 5.74) is -1.60. The molecule has 0 amide bonds. The highest BCUT2D eigenvalue weighted by Gasteiger charge is 2.68. The van der Waals surface area contributed by atoms with E-state index in [1.165, 1.54) is 0 Å². The van der Waals surface area contributed by atoms with Gasteiger partial charge >= 0.3 is 11.9 Å². The van der Waals surface area contributed by atoms with Crippen molar-refractivity contribution in [3.8, 4) is 0 Å². The van der Waals surface area contributed by atoms with Gasteiger partial charge in [0.2, 0.25) is 0 Å². The lowest BCUT2D eigenvalue weighted by molar-refractivity contribution is -0.213. The lowest BCUT2D eigenvalue weighted by atomic mass is 9.40. The van der Waals surface area contributed by atoms with Crippen LogP contribution in [0.15, 0.2) is 0 Å². The van der Waals surface area contributed by atoms with Gasteiger partial charge in [0, 0.05) is 11.8 Å². The number of hydrogen-bond acceptors (Lipinski definition) is 4. The van der Waals surface area contributed by atoms with E-state index >= 15 is 0 Å². The fraction of sp³-hybridized carbons (Fsp3) is 0.875. The summed E-state index contributed by atoms with van der Waals surface area (Å²) in [6.45, 7) is 1.91. The van der Waals surface area contributed by atoms with Crippen molar-refractivity contribution in [1.29, 1.82) is 0 Å². The van der Waals surface area contributed by atoms with Gasteiger partial charge in [-0.2, -0.15) is 0 Å². The van der Waals surface area contributed by atoms with Crippen molar-refractivity contribution in [2.75, 3.05) is 0 Å². The monoisotopic (exact) mass is 294 g/mol. The molecule has 21 heavy (non-hydrogen) atoms. The van der Waals surface area contributed by atoms with Crippen molar-refractivity contribution < 1.29 is 24.5 Å². The Morgan fingerprint density at radius 1 is 1.19 bits per heavy atom. The van der Waals surface area contributed by atoms with Gasteiger partial charge in [-0.3, -0.25) is 4.79 Å². The number of esters is 1. The summed E-state index contributed by atoms with van der Waals surface area (Å²) >= 11 is 0. The Bertz CT molecular complexity index is 513. The van der Waals surface area contributed by atoms with Gasteiger partial charge < -0.3 is 14.9 Å². The number of hydrogen-bond donors (Lipinski definition) is 2. The summed E-state index contributed by atoms with van der Waals surface area (Å²) < 4.78 is 5.59. The fourth-order valence-electron chi connectivity index (χ4n) is 6.24. The van der Waals surface area contributed by atoms with E-state index in [2.05, 4.69) is 0 Å². The minimum Gasteiger partial charge on any atom is -0.481 e. The van der Waals surface area contributed by atoms with Crippen LogP contribution in [-0.4, -0.2) is 33.9 Å². The molecule has 4 atom stereocenters. The molecule has 5 heteroatoms. The molecule has 5 rings (SSSR count). The highest BCUT2D eigenvalue weighted by molar-refractivity contribution is 5.78. The largest absolute Gasteiger partial charge is 0.481 e. The lowest BCUT2D eigenvalue weighted by Gasteiger charge is -2.64. The molecule has 0 spiro atoms. The van der Waals surface area contributed by atoms with Crippen molar-refractivity contribution in [3.63, 3.8) is 0 Å². The molecule has 5 fully saturated rings. The maximum atomic E-state index is 11.9. The second-order valence-electron chi connectivity index (χ2n) is 8.20. The third-order valence-corrected chi connectivity index (χ3v) is 6.82. The zero-order valence-electron chi connectivity index (χ0n) is 12.3. The van der Waals surface area contributed by atoms with Crippen LogP contribution in [0.5, 0.6) is 0 Å². The molecule has 0 aromatic rings. The van der Waals surface area contributed by atoms with Gasteiger partial charge in [0.25, 0.3) is 0 Å². The number of aliphatic hydroxyl groups excluding tert-OH is 1.